The molecule has 98 valence electrons. The van der Waals surface area contributed by atoms with E-state index in [1.165, 1.54) is 19.4 Å². The molecule has 1 atom stereocenters. The lowest BCUT2D eigenvalue weighted by atomic mass is 9.80. The highest BCUT2D eigenvalue weighted by atomic mass is 16.2. The fourth-order valence-corrected chi connectivity index (χ4v) is 3.07. The van der Waals surface area contributed by atoms with Gasteiger partial charge >= 0.3 is 0 Å². The third-order valence-corrected chi connectivity index (χ3v) is 4.15. The maximum atomic E-state index is 12.1. The van der Waals surface area contributed by atoms with Crippen LogP contribution >= 0.6 is 0 Å². The number of nitrogens with zero attached hydrogens (tertiary/aromatic N) is 2. The first-order chi connectivity index (χ1) is 8.06. The van der Waals surface area contributed by atoms with E-state index in [0.717, 1.165) is 25.9 Å². The molecular weight excluding hydrogens is 214 g/mol. The molecule has 1 saturated heterocycles. The number of likely N-dealkylation sites (tertiary alicyclic amines) is 1. The highest BCUT2D eigenvalue weighted by Gasteiger charge is 2.34. The fraction of sp³-hybridized carbons (Fsp3) is 0.923. The summed E-state index contributed by atoms with van der Waals surface area (Å²) in [5.74, 6) is 1.16. The molecule has 0 aromatic rings. The predicted molar refractivity (Wildman–Crippen MR) is 68.6 cm³/mol. The lowest BCUT2D eigenvalue weighted by Gasteiger charge is -2.37. The molecule has 0 spiro atoms. The van der Waals surface area contributed by atoms with E-state index >= 15 is 0 Å². The molecule has 1 amide bonds. The summed E-state index contributed by atoms with van der Waals surface area (Å²) in [6.07, 6.45) is 4.28. The normalized spacial score (nSPS) is 34.2. The number of carbonyl (C=O) groups excluding carboxylic acids is 1. The van der Waals surface area contributed by atoms with Crippen LogP contribution in [0, 0.1) is 11.8 Å². The van der Waals surface area contributed by atoms with Crippen LogP contribution in [-0.4, -0.2) is 55.5 Å². The van der Waals surface area contributed by atoms with E-state index in [1.807, 2.05) is 11.9 Å². The summed E-state index contributed by atoms with van der Waals surface area (Å²) in [5, 5.41) is 0. The van der Waals surface area contributed by atoms with Crippen molar-refractivity contribution >= 4 is 5.91 Å². The van der Waals surface area contributed by atoms with Gasteiger partial charge in [0.2, 0.25) is 5.91 Å². The summed E-state index contributed by atoms with van der Waals surface area (Å²) >= 11 is 0. The van der Waals surface area contributed by atoms with Crippen LogP contribution in [0.1, 0.15) is 25.7 Å². The Labute approximate surface area is 104 Å². The van der Waals surface area contributed by atoms with Gasteiger partial charge in [0, 0.05) is 32.1 Å². The van der Waals surface area contributed by atoms with Crippen LogP contribution < -0.4 is 5.73 Å². The number of amides is 1. The number of hydrogen-bond acceptors (Lipinski definition) is 3. The molecule has 0 bridgehead atoms. The van der Waals surface area contributed by atoms with Gasteiger partial charge in [-0.05, 0) is 45.2 Å². The van der Waals surface area contributed by atoms with Crippen molar-refractivity contribution in [3.8, 4) is 0 Å². The molecule has 1 heterocycles. The van der Waals surface area contributed by atoms with Gasteiger partial charge in [0.15, 0.2) is 0 Å². The molecule has 0 aromatic heterocycles. The molecule has 0 aromatic carbocycles. The Balaban J connectivity index is 1.76. The van der Waals surface area contributed by atoms with Gasteiger partial charge in [-0.2, -0.15) is 0 Å². The Morgan fingerprint density at radius 1 is 1.47 bits per heavy atom. The van der Waals surface area contributed by atoms with Crippen LogP contribution in [-0.2, 0) is 4.79 Å². The molecule has 1 saturated carbocycles. The zero-order chi connectivity index (χ0) is 12.4. The van der Waals surface area contributed by atoms with E-state index in [1.54, 1.807) is 0 Å². The van der Waals surface area contributed by atoms with Crippen molar-refractivity contribution in [2.24, 2.45) is 17.6 Å². The van der Waals surface area contributed by atoms with E-state index in [-0.39, 0.29) is 12.0 Å². The van der Waals surface area contributed by atoms with Gasteiger partial charge in [0.1, 0.15) is 0 Å². The topological polar surface area (TPSA) is 49.6 Å². The SMILES string of the molecule is CN1CCCC(CN(C)C(=O)C2CC(N)C2)C1. The van der Waals surface area contributed by atoms with Gasteiger partial charge in [-0.15, -0.1) is 0 Å². The second-order valence-electron chi connectivity index (χ2n) is 5.92. The highest BCUT2D eigenvalue weighted by molar-refractivity contribution is 5.79. The molecule has 2 rings (SSSR count). The lowest BCUT2D eigenvalue weighted by Crippen LogP contribution is -2.47. The molecule has 17 heavy (non-hydrogen) atoms. The summed E-state index contributed by atoms with van der Waals surface area (Å²) in [7, 11) is 4.11. The summed E-state index contributed by atoms with van der Waals surface area (Å²) in [6, 6.07) is 0.262. The van der Waals surface area contributed by atoms with Crippen molar-refractivity contribution in [3.63, 3.8) is 0 Å². The van der Waals surface area contributed by atoms with E-state index in [9.17, 15) is 4.79 Å². The van der Waals surface area contributed by atoms with Gasteiger partial charge in [-0.25, -0.2) is 0 Å². The van der Waals surface area contributed by atoms with Gasteiger partial charge in [-0.1, -0.05) is 0 Å². The van der Waals surface area contributed by atoms with Crippen LogP contribution in [0.25, 0.3) is 0 Å². The predicted octanol–water partition coefficient (Wildman–Crippen LogP) is 0.524. The summed E-state index contributed by atoms with van der Waals surface area (Å²) < 4.78 is 0. The number of carbonyl (C=O) groups is 1. The molecule has 1 unspecified atom stereocenters. The average Bonchev–Trinajstić information content (AvgIpc) is 2.24. The molecule has 1 aliphatic carbocycles. The molecule has 2 aliphatic rings. The monoisotopic (exact) mass is 239 g/mol. The first-order valence-electron chi connectivity index (χ1n) is 6.75. The van der Waals surface area contributed by atoms with Gasteiger partial charge in [-0.3, -0.25) is 4.79 Å². The molecule has 4 heteroatoms. The molecule has 1 aliphatic heterocycles. The minimum Gasteiger partial charge on any atom is -0.345 e. The number of hydrogen-bond donors (Lipinski definition) is 1. The largest absolute Gasteiger partial charge is 0.345 e. The maximum absolute atomic E-state index is 12.1. The quantitative estimate of drug-likeness (QED) is 0.781. The Bertz CT molecular complexity index is 276. The first-order valence-corrected chi connectivity index (χ1v) is 6.75. The molecule has 4 nitrogen and oxygen atoms in total. The summed E-state index contributed by atoms with van der Waals surface area (Å²) in [6.45, 7) is 3.24. The zero-order valence-electron chi connectivity index (χ0n) is 11.1. The number of rotatable bonds is 3. The van der Waals surface area contributed by atoms with Gasteiger partial charge in [0.25, 0.3) is 0 Å². The first kappa shape index (κ1) is 12.8. The Morgan fingerprint density at radius 2 is 2.18 bits per heavy atom. The Morgan fingerprint density at radius 3 is 2.76 bits per heavy atom. The molecule has 0 radical (unpaired) electrons. The van der Waals surface area contributed by atoms with Crippen molar-refractivity contribution in [1.29, 1.82) is 0 Å². The minimum atomic E-state index is 0.205. The number of nitrogens with two attached hydrogens (primary N) is 1. The Hall–Kier alpha value is -0.610. The summed E-state index contributed by atoms with van der Waals surface area (Å²) in [5.41, 5.74) is 5.73. The zero-order valence-corrected chi connectivity index (χ0v) is 11.1. The van der Waals surface area contributed by atoms with Crippen molar-refractivity contribution in [2.75, 3.05) is 33.7 Å². The van der Waals surface area contributed by atoms with E-state index in [0.29, 0.717) is 11.8 Å². The third-order valence-electron chi connectivity index (χ3n) is 4.15. The van der Waals surface area contributed by atoms with E-state index < -0.39 is 0 Å². The summed E-state index contributed by atoms with van der Waals surface area (Å²) in [4.78, 5) is 16.4. The molecular formula is C13H25N3O. The van der Waals surface area contributed by atoms with Crippen molar-refractivity contribution in [3.05, 3.63) is 0 Å². The van der Waals surface area contributed by atoms with Crippen LogP contribution in [0.5, 0.6) is 0 Å². The highest BCUT2D eigenvalue weighted by Crippen LogP contribution is 2.27. The standard InChI is InChI=1S/C13H25N3O/c1-15-5-3-4-10(8-15)9-16(2)13(17)11-6-12(14)7-11/h10-12H,3-9,14H2,1-2H3. The third kappa shape index (κ3) is 3.19. The lowest BCUT2D eigenvalue weighted by molar-refractivity contribution is -0.138. The fourth-order valence-electron chi connectivity index (χ4n) is 3.07. The van der Waals surface area contributed by atoms with Crippen LogP contribution in [0.2, 0.25) is 0 Å². The average molecular weight is 239 g/mol. The minimum absolute atomic E-state index is 0.205. The van der Waals surface area contributed by atoms with Crippen LogP contribution in [0.3, 0.4) is 0 Å². The molecule has 2 N–H and O–H groups in total. The second-order valence-corrected chi connectivity index (χ2v) is 5.92. The second kappa shape index (κ2) is 5.36. The van der Waals surface area contributed by atoms with Crippen molar-refractivity contribution < 1.29 is 4.79 Å². The van der Waals surface area contributed by atoms with Gasteiger partial charge < -0.3 is 15.5 Å². The Kier molecular flexibility index (Phi) is 4.05. The molecule has 2 fully saturated rings. The smallest absolute Gasteiger partial charge is 0.225 e. The van der Waals surface area contributed by atoms with Gasteiger partial charge in [0.05, 0.1) is 0 Å². The van der Waals surface area contributed by atoms with Crippen LogP contribution in [0.4, 0.5) is 0 Å². The number of piperidine rings is 1. The maximum Gasteiger partial charge on any atom is 0.225 e. The van der Waals surface area contributed by atoms with E-state index in [2.05, 4.69) is 11.9 Å². The van der Waals surface area contributed by atoms with Crippen LogP contribution in [0.15, 0.2) is 0 Å². The van der Waals surface area contributed by atoms with Crippen molar-refractivity contribution in [2.45, 2.75) is 31.7 Å². The van der Waals surface area contributed by atoms with Crippen molar-refractivity contribution in [1.82, 2.24) is 9.80 Å². The van der Waals surface area contributed by atoms with E-state index in [4.69, 9.17) is 5.73 Å².